The Kier molecular flexibility index (Phi) is 6.24. The molecule has 0 saturated heterocycles. The van der Waals surface area contributed by atoms with Crippen molar-refractivity contribution in [3.05, 3.63) is 35.4 Å². The van der Waals surface area contributed by atoms with Gasteiger partial charge in [0.15, 0.2) is 0 Å². The first kappa shape index (κ1) is 14.2. The van der Waals surface area contributed by atoms with E-state index < -0.39 is 5.97 Å². The molecule has 15 heavy (non-hydrogen) atoms. The molecule has 0 aliphatic carbocycles. The quantitative estimate of drug-likeness (QED) is 0.309. The van der Waals surface area contributed by atoms with E-state index in [-0.39, 0.29) is 35.3 Å². The number of hydrogen-bond donors (Lipinski definition) is 0. The Morgan fingerprint density at radius 2 is 2.00 bits per heavy atom. The Labute approximate surface area is 110 Å². The minimum absolute atomic E-state index is 0. The average molecular weight is 215 g/mol. The number of carbonyl (C=O) groups excluding carboxylic acids is 1. The van der Waals surface area contributed by atoms with Gasteiger partial charge in [0.05, 0.1) is 5.97 Å². The Balaban J connectivity index is 0.00000196. The van der Waals surface area contributed by atoms with Gasteiger partial charge in [0, 0.05) is 5.56 Å². The van der Waals surface area contributed by atoms with E-state index in [9.17, 15) is 9.90 Å². The van der Waals surface area contributed by atoms with Gasteiger partial charge in [0.25, 0.3) is 0 Å². The van der Waals surface area contributed by atoms with Crippen LogP contribution < -0.4 is 34.7 Å². The molecule has 0 aliphatic heterocycles. The summed E-state index contributed by atoms with van der Waals surface area (Å²) in [7, 11) is 1.29. The molecule has 0 atom stereocenters. The van der Waals surface area contributed by atoms with E-state index in [0.717, 1.165) is 5.56 Å². The first-order valence-corrected chi connectivity index (χ1v) is 4.05. The minimum Gasteiger partial charge on any atom is -0.543 e. The second-order valence-electron chi connectivity index (χ2n) is 2.72. The fourth-order valence-corrected chi connectivity index (χ4v) is 1.13. The van der Waals surface area contributed by atoms with Crippen LogP contribution in [-0.4, -0.2) is 18.8 Å². The van der Waals surface area contributed by atoms with Gasteiger partial charge in [-0.05, 0) is 12.5 Å². The van der Waals surface area contributed by atoms with Crippen molar-refractivity contribution in [1.82, 2.24) is 0 Å². The molecule has 74 valence electrons. The molecule has 0 amide bonds. The molecule has 0 aromatic heterocycles. The molecule has 0 aliphatic rings. The molecule has 0 spiro atoms. The molecule has 1 aromatic rings. The second kappa shape index (κ2) is 6.61. The van der Waals surface area contributed by atoms with Crippen LogP contribution in [0.5, 0.6) is 0 Å². The summed E-state index contributed by atoms with van der Waals surface area (Å²) in [5, 5.41) is 14.1. The van der Waals surface area contributed by atoms with E-state index in [1.165, 1.54) is 7.11 Å². The number of aryl methyl sites for hydroxylation is 1. The van der Waals surface area contributed by atoms with Crippen LogP contribution in [0.2, 0.25) is 0 Å². The Morgan fingerprint density at radius 3 is 2.47 bits per heavy atom. The van der Waals surface area contributed by atoms with E-state index in [1.807, 2.05) is 6.07 Å². The number of benzene rings is 1. The molecule has 0 saturated carbocycles. The van der Waals surface area contributed by atoms with Crippen molar-refractivity contribution in [3.63, 3.8) is 0 Å². The first-order chi connectivity index (χ1) is 6.66. The average Bonchev–Trinajstić information content (AvgIpc) is 2.15. The molecule has 0 bridgehead atoms. The number of rotatable bonds is 3. The van der Waals surface area contributed by atoms with Crippen molar-refractivity contribution >= 4 is 11.7 Å². The maximum Gasteiger partial charge on any atom is 1.00 e. The van der Waals surface area contributed by atoms with Crippen molar-refractivity contribution < 1.29 is 44.3 Å². The van der Waals surface area contributed by atoms with Crippen LogP contribution in [0.15, 0.2) is 29.4 Å². The number of nitrogens with zero attached hydrogens (tertiary/aromatic N) is 1. The van der Waals surface area contributed by atoms with Crippen molar-refractivity contribution in [2.45, 2.75) is 6.92 Å². The monoisotopic (exact) mass is 215 g/mol. The van der Waals surface area contributed by atoms with Gasteiger partial charge in [0.1, 0.15) is 12.8 Å². The number of carboxylic acids is 1. The summed E-state index contributed by atoms with van der Waals surface area (Å²) in [5.74, 6) is -1.35. The number of carboxylic acid groups (broad SMARTS) is 1. The van der Waals surface area contributed by atoms with Crippen LogP contribution >= 0.6 is 0 Å². The van der Waals surface area contributed by atoms with Gasteiger partial charge in [-0.1, -0.05) is 29.4 Å². The molecule has 4 nitrogen and oxygen atoms in total. The molecule has 0 N–H and O–H groups in total. The van der Waals surface area contributed by atoms with E-state index in [2.05, 4.69) is 9.99 Å². The van der Waals surface area contributed by atoms with Gasteiger partial charge in [-0.2, -0.15) is 0 Å². The van der Waals surface area contributed by atoms with E-state index in [1.54, 1.807) is 25.1 Å². The molecular formula is C10H10NNaO3. The molecule has 0 unspecified atom stereocenters. The van der Waals surface area contributed by atoms with Crippen LogP contribution in [0.4, 0.5) is 0 Å². The molecule has 0 fully saturated rings. The fraction of sp³-hybridized carbons (Fsp3) is 0.200. The molecular weight excluding hydrogens is 205 g/mol. The summed E-state index contributed by atoms with van der Waals surface area (Å²) in [6.07, 6.45) is 0. The third kappa shape index (κ3) is 3.66. The van der Waals surface area contributed by atoms with E-state index >= 15 is 0 Å². The van der Waals surface area contributed by atoms with Crippen molar-refractivity contribution in [3.8, 4) is 0 Å². The Morgan fingerprint density at radius 1 is 1.40 bits per heavy atom. The predicted molar refractivity (Wildman–Crippen MR) is 49.7 cm³/mol. The van der Waals surface area contributed by atoms with Crippen LogP contribution in [0.1, 0.15) is 11.1 Å². The maximum atomic E-state index is 10.7. The number of oxime groups is 1. The molecule has 5 heteroatoms. The maximum absolute atomic E-state index is 10.7. The third-order valence-electron chi connectivity index (χ3n) is 1.78. The minimum atomic E-state index is -1.35. The van der Waals surface area contributed by atoms with E-state index in [4.69, 9.17) is 0 Å². The predicted octanol–water partition coefficient (Wildman–Crippen LogP) is -2.90. The fourth-order valence-electron chi connectivity index (χ4n) is 1.13. The number of carbonyl (C=O) groups is 1. The van der Waals surface area contributed by atoms with Crippen molar-refractivity contribution in [1.29, 1.82) is 0 Å². The summed E-state index contributed by atoms with van der Waals surface area (Å²) in [6.45, 7) is 1.80. The van der Waals surface area contributed by atoms with Crippen molar-refractivity contribution in [2.24, 2.45) is 5.16 Å². The van der Waals surface area contributed by atoms with Crippen molar-refractivity contribution in [2.75, 3.05) is 7.11 Å². The topological polar surface area (TPSA) is 61.7 Å². The molecule has 1 aromatic carbocycles. The van der Waals surface area contributed by atoms with Gasteiger partial charge >= 0.3 is 29.6 Å². The SMILES string of the molecule is CON=C(C(=O)[O-])c1ccccc1C.[Na+]. The molecule has 0 heterocycles. The van der Waals surface area contributed by atoms with Crippen LogP contribution in [0.3, 0.4) is 0 Å². The van der Waals surface area contributed by atoms with Crippen LogP contribution in [0, 0.1) is 6.92 Å². The smallest absolute Gasteiger partial charge is 0.543 e. The van der Waals surface area contributed by atoms with Gasteiger partial charge in [-0.25, -0.2) is 0 Å². The summed E-state index contributed by atoms with van der Waals surface area (Å²) in [6, 6.07) is 7.00. The summed E-state index contributed by atoms with van der Waals surface area (Å²) < 4.78 is 0. The van der Waals surface area contributed by atoms with Gasteiger partial charge < -0.3 is 14.7 Å². The Bertz CT molecular complexity index is 377. The van der Waals surface area contributed by atoms with Crippen LogP contribution in [0.25, 0.3) is 0 Å². The first-order valence-electron chi connectivity index (χ1n) is 4.05. The van der Waals surface area contributed by atoms with Gasteiger partial charge in [0.2, 0.25) is 0 Å². The molecule has 0 radical (unpaired) electrons. The zero-order valence-electron chi connectivity index (χ0n) is 8.98. The summed E-state index contributed by atoms with van der Waals surface area (Å²) >= 11 is 0. The zero-order chi connectivity index (χ0) is 10.6. The standard InChI is InChI=1S/C10H11NO3.Na/c1-7-5-3-4-6-8(7)9(10(12)13)11-14-2;/h3-6H,1-2H3,(H,12,13);/q;+1/p-1. The second-order valence-corrected chi connectivity index (χ2v) is 2.72. The normalized spacial score (nSPS) is 10.4. The molecule has 1 rings (SSSR count). The largest absolute Gasteiger partial charge is 1.00 e. The summed E-state index contributed by atoms with van der Waals surface area (Å²) in [5.41, 5.74) is 1.13. The zero-order valence-corrected chi connectivity index (χ0v) is 11.0. The number of aliphatic carboxylic acids is 1. The van der Waals surface area contributed by atoms with Gasteiger partial charge in [-0.15, -0.1) is 0 Å². The summed E-state index contributed by atoms with van der Waals surface area (Å²) in [4.78, 5) is 15.2. The third-order valence-corrected chi connectivity index (χ3v) is 1.78. The Hall–Kier alpha value is -0.840. The van der Waals surface area contributed by atoms with Gasteiger partial charge in [-0.3, -0.25) is 0 Å². The van der Waals surface area contributed by atoms with E-state index in [0.29, 0.717) is 5.56 Å². The van der Waals surface area contributed by atoms with Crippen LogP contribution in [-0.2, 0) is 9.63 Å². The number of hydrogen-bond acceptors (Lipinski definition) is 4.